The van der Waals surface area contributed by atoms with Gasteiger partial charge in [-0.25, -0.2) is 0 Å². The van der Waals surface area contributed by atoms with Gasteiger partial charge in [0.15, 0.2) is 0 Å². The molecular formula is C13H18N4O2. The maximum absolute atomic E-state index is 11.8. The van der Waals surface area contributed by atoms with Crippen LogP contribution in [0.15, 0.2) is 18.3 Å². The molecule has 1 aromatic heterocycles. The van der Waals surface area contributed by atoms with E-state index < -0.39 is 0 Å². The van der Waals surface area contributed by atoms with Crippen LogP contribution in [0, 0.1) is 0 Å². The summed E-state index contributed by atoms with van der Waals surface area (Å²) in [5.74, 6) is -0.281. The summed E-state index contributed by atoms with van der Waals surface area (Å²) in [5.41, 5.74) is 1.17. The maximum atomic E-state index is 11.8. The zero-order valence-electron chi connectivity index (χ0n) is 10.9. The third kappa shape index (κ3) is 4.24. The van der Waals surface area contributed by atoms with Crippen molar-refractivity contribution in [2.24, 2.45) is 0 Å². The SMILES string of the molecule is CNc1ccnc(C(=O)NCCC(=O)NC2CC2)c1. The average molecular weight is 262 g/mol. The molecule has 1 saturated carbocycles. The molecule has 0 spiro atoms. The standard InChI is InChI=1S/C13H18N4O2/c1-14-10-4-6-15-11(8-10)13(19)16-7-5-12(18)17-9-2-3-9/h4,6,8-9H,2-3,5,7H2,1H3,(H,14,15)(H,16,19)(H,17,18). The Bertz CT molecular complexity index is 471. The minimum Gasteiger partial charge on any atom is -0.388 e. The van der Waals surface area contributed by atoms with Gasteiger partial charge in [0, 0.05) is 37.9 Å². The van der Waals surface area contributed by atoms with Crippen LogP contribution in [0.4, 0.5) is 5.69 Å². The maximum Gasteiger partial charge on any atom is 0.269 e. The Hall–Kier alpha value is -2.11. The largest absolute Gasteiger partial charge is 0.388 e. The van der Waals surface area contributed by atoms with Crippen molar-refractivity contribution in [2.75, 3.05) is 18.9 Å². The van der Waals surface area contributed by atoms with E-state index in [-0.39, 0.29) is 11.8 Å². The topological polar surface area (TPSA) is 83.1 Å². The molecule has 1 aromatic rings. The van der Waals surface area contributed by atoms with Crippen LogP contribution in [-0.4, -0.2) is 36.4 Å². The minimum atomic E-state index is -0.267. The molecule has 1 aliphatic carbocycles. The highest BCUT2D eigenvalue weighted by molar-refractivity contribution is 5.93. The van der Waals surface area contributed by atoms with Crippen LogP contribution in [0.3, 0.4) is 0 Å². The van der Waals surface area contributed by atoms with Crippen molar-refractivity contribution in [3.8, 4) is 0 Å². The van der Waals surface area contributed by atoms with Crippen molar-refractivity contribution in [1.82, 2.24) is 15.6 Å². The van der Waals surface area contributed by atoms with Gasteiger partial charge in [-0.2, -0.15) is 0 Å². The molecule has 0 aliphatic heterocycles. The Balaban J connectivity index is 1.75. The lowest BCUT2D eigenvalue weighted by molar-refractivity contribution is -0.121. The van der Waals surface area contributed by atoms with E-state index in [1.807, 2.05) is 0 Å². The van der Waals surface area contributed by atoms with Gasteiger partial charge in [-0.1, -0.05) is 0 Å². The molecule has 0 bridgehead atoms. The van der Waals surface area contributed by atoms with Gasteiger partial charge in [0.1, 0.15) is 5.69 Å². The monoisotopic (exact) mass is 262 g/mol. The number of nitrogens with one attached hydrogen (secondary N) is 3. The Morgan fingerprint density at radius 3 is 2.89 bits per heavy atom. The van der Waals surface area contributed by atoms with Crippen LogP contribution in [0.5, 0.6) is 0 Å². The van der Waals surface area contributed by atoms with Gasteiger partial charge < -0.3 is 16.0 Å². The predicted molar refractivity (Wildman–Crippen MR) is 71.9 cm³/mol. The number of carbonyl (C=O) groups is 2. The third-order valence-corrected chi connectivity index (χ3v) is 2.86. The van der Waals surface area contributed by atoms with E-state index in [0.29, 0.717) is 24.7 Å². The zero-order valence-corrected chi connectivity index (χ0v) is 10.9. The average Bonchev–Trinajstić information content (AvgIpc) is 3.22. The van der Waals surface area contributed by atoms with E-state index in [1.54, 1.807) is 25.4 Å². The number of hydrogen-bond acceptors (Lipinski definition) is 4. The van der Waals surface area contributed by atoms with Gasteiger partial charge in [0.05, 0.1) is 0 Å². The summed E-state index contributed by atoms with van der Waals surface area (Å²) >= 11 is 0. The highest BCUT2D eigenvalue weighted by Gasteiger charge is 2.22. The van der Waals surface area contributed by atoms with Gasteiger partial charge in [-0.15, -0.1) is 0 Å². The molecule has 1 fully saturated rings. The molecule has 6 heteroatoms. The number of rotatable bonds is 6. The first kappa shape index (κ1) is 13.3. The van der Waals surface area contributed by atoms with E-state index in [4.69, 9.17) is 0 Å². The summed E-state index contributed by atoms with van der Waals surface area (Å²) in [5, 5.41) is 8.50. The lowest BCUT2D eigenvalue weighted by Gasteiger charge is -2.06. The fourth-order valence-corrected chi connectivity index (χ4v) is 1.62. The van der Waals surface area contributed by atoms with Crippen LogP contribution in [0.25, 0.3) is 0 Å². The number of carbonyl (C=O) groups excluding carboxylic acids is 2. The smallest absolute Gasteiger partial charge is 0.269 e. The van der Waals surface area contributed by atoms with Gasteiger partial charge in [0.2, 0.25) is 5.91 Å². The minimum absolute atomic E-state index is 0.0141. The number of pyridine rings is 1. The molecule has 0 aromatic carbocycles. The summed E-state index contributed by atoms with van der Waals surface area (Å²) in [6.45, 7) is 0.322. The second kappa shape index (κ2) is 6.17. The van der Waals surface area contributed by atoms with E-state index in [9.17, 15) is 9.59 Å². The molecule has 19 heavy (non-hydrogen) atoms. The van der Waals surface area contributed by atoms with Crippen LogP contribution in [-0.2, 0) is 4.79 Å². The van der Waals surface area contributed by atoms with Crippen LogP contribution in [0.1, 0.15) is 29.8 Å². The Labute approximate surface area is 112 Å². The van der Waals surface area contributed by atoms with Crippen LogP contribution >= 0.6 is 0 Å². The highest BCUT2D eigenvalue weighted by Crippen LogP contribution is 2.18. The number of aromatic nitrogens is 1. The quantitative estimate of drug-likeness (QED) is 0.698. The molecule has 6 nitrogen and oxygen atoms in total. The zero-order chi connectivity index (χ0) is 13.7. The summed E-state index contributed by atoms with van der Waals surface area (Å²) in [4.78, 5) is 27.2. The lowest BCUT2D eigenvalue weighted by atomic mass is 10.3. The predicted octanol–water partition coefficient (Wildman–Crippen LogP) is 0.522. The number of anilines is 1. The van der Waals surface area contributed by atoms with Crippen molar-refractivity contribution in [1.29, 1.82) is 0 Å². The van der Waals surface area contributed by atoms with Crippen molar-refractivity contribution in [3.05, 3.63) is 24.0 Å². The Kier molecular flexibility index (Phi) is 4.33. The second-order valence-corrected chi connectivity index (χ2v) is 4.53. The number of hydrogen-bond donors (Lipinski definition) is 3. The Morgan fingerprint density at radius 2 is 2.21 bits per heavy atom. The van der Waals surface area contributed by atoms with Gasteiger partial charge >= 0.3 is 0 Å². The summed E-state index contributed by atoms with van der Waals surface area (Å²) < 4.78 is 0. The van der Waals surface area contributed by atoms with E-state index in [0.717, 1.165) is 18.5 Å². The van der Waals surface area contributed by atoms with E-state index in [2.05, 4.69) is 20.9 Å². The van der Waals surface area contributed by atoms with Crippen molar-refractivity contribution in [2.45, 2.75) is 25.3 Å². The number of nitrogens with zero attached hydrogens (tertiary/aromatic N) is 1. The summed E-state index contributed by atoms with van der Waals surface area (Å²) in [7, 11) is 1.78. The molecule has 0 saturated heterocycles. The Morgan fingerprint density at radius 1 is 1.42 bits per heavy atom. The fraction of sp³-hybridized carbons (Fsp3) is 0.462. The fourth-order valence-electron chi connectivity index (χ4n) is 1.62. The summed E-state index contributed by atoms with van der Waals surface area (Å²) in [6.07, 6.45) is 4.01. The third-order valence-electron chi connectivity index (χ3n) is 2.86. The molecule has 1 heterocycles. The molecule has 102 valence electrons. The molecule has 2 amide bonds. The first-order chi connectivity index (χ1) is 9.19. The van der Waals surface area contributed by atoms with E-state index in [1.165, 1.54) is 0 Å². The first-order valence-electron chi connectivity index (χ1n) is 6.40. The molecule has 0 radical (unpaired) electrons. The van der Waals surface area contributed by atoms with Gasteiger partial charge in [-0.3, -0.25) is 14.6 Å². The molecule has 3 N–H and O–H groups in total. The van der Waals surface area contributed by atoms with E-state index >= 15 is 0 Å². The molecule has 2 rings (SSSR count). The van der Waals surface area contributed by atoms with Gasteiger partial charge in [0.25, 0.3) is 5.91 Å². The molecule has 1 aliphatic rings. The second-order valence-electron chi connectivity index (χ2n) is 4.53. The summed E-state index contributed by atoms with van der Waals surface area (Å²) in [6, 6.07) is 3.80. The normalized spacial score (nSPS) is 13.7. The van der Waals surface area contributed by atoms with Crippen LogP contribution in [0.2, 0.25) is 0 Å². The van der Waals surface area contributed by atoms with Gasteiger partial charge in [-0.05, 0) is 25.0 Å². The molecular weight excluding hydrogens is 244 g/mol. The lowest BCUT2D eigenvalue weighted by Crippen LogP contribution is -2.32. The molecule has 0 unspecified atom stereocenters. The number of amides is 2. The first-order valence-corrected chi connectivity index (χ1v) is 6.40. The highest BCUT2D eigenvalue weighted by atomic mass is 16.2. The van der Waals surface area contributed by atoms with Crippen molar-refractivity contribution in [3.63, 3.8) is 0 Å². The molecule has 0 atom stereocenters. The van der Waals surface area contributed by atoms with Crippen LogP contribution < -0.4 is 16.0 Å². The van der Waals surface area contributed by atoms with Crippen molar-refractivity contribution < 1.29 is 9.59 Å². The van der Waals surface area contributed by atoms with Crippen molar-refractivity contribution >= 4 is 17.5 Å².